The largest absolute Gasteiger partial charge is 0.294 e. The van der Waals surface area contributed by atoms with E-state index in [1.54, 1.807) is 6.07 Å². The second-order valence-corrected chi connectivity index (χ2v) is 4.97. The van der Waals surface area contributed by atoms with E-state index in [4.69, 9.17) is 0 Å². The van der Waals surface area contributed by atoms with Gasteiger partial charge in [0, 0.05) is 5.56 Å². The Kier molecular flexibility index (Phi) is 3.92. The second-order valence-electron chi connectivity index (χ2n) is 4.97. The van der Waals surface area contributed by atoms with Crippen LogP contribution in [0, 0.1) is 0 Å². The molecule has 0 amide bonds. The van der Waals surface area contributed by atoms with Crippen LogP contribution in [0.3, 0.4) is 0 Å². The van der Waals surface area contributed by atoms with Crippen LogP contribution < -0.4 is 0 Å². The van der Waals surface area contributed by atoms with Crippen LogP contribution in [-0.2, 0) is 4.79 Å². The minimum absolute atomic E-state index is 0.372. The Morgan fingerprint density at radius 2 is 1.27 bits per heavy atom. The highest BCUT2D eigenvalue weighted by molar-refractivity contribution is 6.35. The Morgan fingerprint density at radius 3 is 1.86 bits per heavy atom. The van der Waals surface area contributed by atoms with Gasteiger partial charge < -0.3 is 0 Å². The Bertz CT molecular complexity index is 806. The number of aldehydes is 1. The lowest BCUT2D eigenvalue weighted by Gasteiger charge is -2.10. The standard InChI is InChI=1S/C20H14O2/c21-14-20(22)19-13-17(15-7-3-1-4-8-15)11-12-18(19)16-9-5-2-6-10-16/h1-14H. The molecule has 0 unspecified atom stereocenters. The molecule has 0 fully saturated rings. The second kappa shape index (κ2) is 6.19. The summed E-state index contributed by atoms with van der Waals surface area (Å²) >= 11 is 0. The summed E-state index contributed by atoms with van der Waals surface area (Å²) in [5.74, 6) is -0.503. The molecule has 0 atom stereocenters. The monoisotopic (exact) mass is 286 g/mol. The third-order valence-electron chi connectivity index (χ3n) is 3.58. The minimum atomic E-state index is -0.503. The van der Waals surface area contributed by atoms with Crippen molar-refractivity contribution in [2.24, 2.45) is 0 Å². The molecule has 0 aromatic heterocycles. The van der Waals surface area contributed by atoms with E-state index in [1.807, 2.05) is 72.8 Å². The first-order valence-electron chi connectivity index (χ1n) is 7.04. The number of hydrogen-bond acceptors (Lipinski definition) is 2. The van der Waals surface area contributed by atoms with Crippen LogP contribution in [0.15, 0.2) is 78.9 Å². The first-order valence-corrected chi connectivity index (χ1v) is 7.04. The molecule has 0 aliphatic carbocycles. The van der Waals surface area contributed by atoms with Gasteiger partial charge in [0.15, 0.2) is 6.29 Å². The smallest absolute Gasteiger partial charge is 0.226 e. The minimum Gasteiger partial charge on any atom is -0.294 e. The topological polar surface area (TPSA) is 34.1 Å². The molecule has 2 nitrogen and oxygen atoms in total. The predicted octanol–water partition coefficient (Wildman–Crippen LogP) is 4.40. The Balaban J connectivity index is 2.16. The molecule has 2 heteroatoms. The fourth-order valence-corrected chi connectivity index (χ4v) is 2.49. The van der Waals surface area contributed by atoms with Crippen molar-refractivity contribution >= 4 is 12.1 Å². The lowest BCUT2D eigenvalue weighted by atomic mass is 9.93. The zero-order valence-electron chi connectivity index (χ0n) is 11.9. The van der Waals surface area contributed by atoms with Crippen molar-refractivity contribution < 1.29 is 9.59 Å². The first-order chi connectivity index (χ1) is 10.8. The van der Waals surface area contributed by atoms with E-state index >= 15 is 0 Å². The van der Waals surface area contributed by atoms with Gasteiger partial charge in [-0.15, -0.1) is 0 Å². The van der Waals surface area contributed by atoms with Crippen LogP contribution in [0.5, 0.6) is 0 Å². The molecule has 0 heterocycles. The van der Waals surface area contributed by atoms with Crippen LogP contribution in [0.4, 0.5) is 0 Å². The molecule has 3 rings (SSSR count). The molecule has 0 saturated heterocycles. The SMILES string of the molecule is O=CC(=O)c1cc(-c2ccccc2)ccc1-c1ccccc1. The van der Waals surface area contributed by atoms with E-state index in [1.165, 1.54) is 0 Å². The summed E-state index contributed by atoms with van der Waals surface area (Å²) in [5, 5.41) is 0. The van der Waals surface area contributed by atoms with E-state index in [0.717, 1.165) is 22.3 Å². The molecule has 106 valence electrons. The van der Waals surface area contributed by atoms with Crippen molar-refractivity contribution in [3.05, 3.63) is 84.4 Å². The summed E-state index contributed by atoms with van der Waals surface area (Å²) in [4.78, 5) is 23.0. The van der Waals surface area contributed by atoms with Crippen LogP contribution in [0.25, 0.3) is 22.3 Å². The molecule has 3 aromatic rings. The quantitative estimate of drug-likeness (QED) is 0.404. The van der Waals surface area contributed by atoms with Crippen molar-refractivity contribution in [1.29, 1.82) is 0 Å². The number of Topliss-reactive ketones (excluding diaryl/α,β-unsaturated/α-hetero) is 1. The Hall–Kier alpha value is -3.00. The van der Waals surface area contributed by atoms with Crippen LogP contribution in [-0.4, -0.2) is 12.1 Å². The lowest BCUT2D eigenvalue weighted by molar-refractivity contribution is -0.104. The predicted molar refractivity (Wildman–Crippen MR) is 87.7 cm³/mol. The maximum atomic E-state index is 12.0. The summed E-state index contributed by atoms with van der Waals surface area (Å²) in [7, 11) is 0. The molecule has 0 bridgehead atoms. The maximum Gasteiger partial charge on any atom is 0.226 e. The Labute approximate surface area is 129 Å². The van der Waals surface area contributed by atoms with E-state index in [0.29, 0.717) is 11.8 Å². The molecule has 3 aromatic carbocycles. The molecule has 22 heavy (non-hydrogen) atoms. The van der Waals surface area contributed by atoms with Crippen molar-refractivity contribution in [3.8, 4) is 22.3 Å². The third kappa shape index (κ3) is 2.72. The van der Waals surface area contributed by atoms with Gasteiger partial charge in [-0.3, -0.25) is 9.59 Å². The van der Waals surface area contributed by atoms with Crippen LogP contribution in [0.2, 0.25) is 0 Å². The molecule has 0 aliphatic heterocycles. The number of carbonyl (C=O) groups excluding carboxylic acids is 2. The highest BCUT2D eigenvalue weighted by Crippen LogP contribution is 2.29. The van der Waals surface area contributed by atoms with E-state index in [2.05, 4.69) is 0 Å². The van der Waals surface area contributed by atoms with Gasteiger partial charge in [0.25, 0.3) is 0 Å². The number of carbonyl (C=O) groups is 2. The third-order valence-corrected chi connectivity index (χ3v) is 3.58. The summed E-state index contributed by atoms with van der Waals surface area (Å²) < 4.78 is 0. The number of hydrogen-bond donors (Lipinski definition) is 0. The maximum absolute atomic E-state index is 12.0. The molecular formula is C20H14O2. The van der Waals surface area contributed by atoms with Gasteiger partial charge in [-0.05, 0) is 28.3 Å². The zero-order valence-corrected chi connectivity index (χ0v) is 11.9. The van der Waals surface area contributed by atoms with Crippen molar-refractivity contribution in [3.63, 3.8) is 0 Å². The first kappa shape index (κ1) is 14.0. The van der Waals surface area contributed by atoms with Crippen LogP contribution in [0.1, 0.15) is 10.4 Å². The average molecular weight is 286 g/mol. The van der Waals surface area contributed by atoms with Gasteiger partial charge in [-0.2, -0.15) is 0 Å². The normalized spacial score (nSPS) is 10.2. The average Bonchev–Trinajstić information content (AvgIpc) is 2.62. The number of ketones is 1. The van der Waals surface area contributed by atoms with Crippen molar-refractivity contribution in [1.82, 2.24) is 0 Å². The van der Waals surface area contributed by atoms with Crippen molar-refractivity contribution in [2.45, 2.75) is 0 Å². The molecule has 0 radical (unpaired) electrons. The summed E-state index contributed by atoms with van der Waals surface area (Å²) in [6.07, 6.45) is 0.372. The van der Waals surface area contributed by atoms with Gasteiger partial charge >= 0.3 is 0 Å². The highest BCUT2D eigenvalue weighted by atomic mass is 16.2. The zero-order chi connectivity index (χ0) is 15.4. The number of benzene rings is 3. The van der Waals surface area contributed by atoms with Gasteiger partial charge in [0.1, 0.15) is 0 Å². The lowest BCUT2D eigenvalue weighted by Crippen LogP contribution is -2.03. The fraction of sp³-hybridized carbons (Fsp3) is 0. The molecule has 0 aliphatic rings. The summed E-state index contributed by atoms with van der Waals surface area (Å²) in [5.41, 5.74) is 4.07. The fourth-order valence-electron chi connectivity index (χ4n) is 2.49. The van der Waals surface area contributed by atoms with Crippen LogP contribution >= 0.6 is 0 Å². The van der Waals surface area contributed by atoms with E-state index in [-0.39, 0.29) is 0 Å². The van der Waals surface area contributed by atoms with E-state index < -0.39 is 5.78 Å². The van der Waals surface area contributed by atoms with E-state index in [9.17, 15) is 9.59 Å². The summed E-state index contributed by atoms with van der Waals surface area (Å²) in [6.45, 7) is 0. The van der Waals surface area contributed by atoms with Crippen molar-refractivity contribution in [2.75, 3.05) is 0 Å². The number of rotatable bonds is 4. The van der Waals surface area contributed by atoms with Gasteiger partial charge in [-0.1, -0.05) is 72.8 Å². The summed E-state index contributed by atoms with van der Waals surface area (Å²) in [6, 6.07) is 25.1. The molecule has 0 saturated carbocycles. The molecule has 0 spiro atoms. The molecule has 0 N–H and O–H groups in total. The highest BCUT2D eigenvalue weighted by Gasteiger charge is 2.13. The Morgan fingerprint density at radius 1 is 0.682 bits per heavy atom. The van der Waals surface area contributed by atoms with Gasteiger partial charge in [0.05, 0.1) is 0 Å². The van der Waals surface area contributed by atoms with Gasteiger partial charge in [0.2, 0.25) is 5.78 Å². The van der Waals surface area contributed by atoms with Gasteiger partial charge in [-0.25, -0.2) is 0 Å². The molecular weight excluding hydrogens is 272 g/mol.